The maximum atomic E-state index is 13.5. The lowest BCUT2D eigenvalue weighted by Crippen LogP contribution is -2.11. The number of rotatable bonds is 5. The van der Waals surface area contributed by atoms with Gasteiger partial charge in [0.05, 0.1) is 10.6 Å². The van der Waals surface area contributed by atoms with Crippen LogP contribution in [0, 0.1) is 11.6 Å². The molecule has 2 aromatic rings. The zero-order valence-corrected chi connectivity index (χ0v) is 12.8. The smallest absolute Gasteiger partial charge is 0.265 e. The lowest BCUT2D eigenvalue weighted by atomic mass is 10.1. The second-order valence-electron chi connectivity index (χ2n) is 4.74. The van der Waals surface area contributed by atoms with Crippen molar-refractivity contribution in [2.45, 2.75) is 33.1 Å². The van der Waals surface area contributed by atoms with Crippen LogP contribution in [0.3, 0.4) is 0 Å². The summed E-state index contributed by atoms with van der Waals surface area (Å²) in [6.07, 6.45) is 2.82. The van der Waals surface area contributed by atoms with Gasteiger partial charge in [0.1, 0.15) is 11.6 Å². The first-order valence-electron chi connectivity index (χ1n) is 6.93. The quantitative estimate of drug-likeness (QED) is 0.845. The van der Waals surface area contributed by atoms with Crippen molar-refractivity contribution in [3.63, 3.8) is 0 Å². The van der Waals surface area contributed by atoms with Crippen molar-refractivity contribution >= 4 is 22.9 Å². The summed E-state index contributed by atoms with van der Waals surface area (Å²) in [7, 11) is 0. The van der Waals surface area contributed by atoms with E-state index >= 15 is 0 Å². The fourth-order valence-electron chi connectivity index (χ4n) is 2.09. The number of hydrogen-bond acceptors (Lipinski definition) is 2. The van der Waals surface area contributed by atoms with E-state index in [-0.39, 0.29) is 11.6 Å². The van der Waals surface area contributed by atoms with Crippen LogP contribution in [0.5, 0.6) is 0 Å². The Labute approximate surface area is 126 Å². The molecule has 0 atom stereocenters. The first-order valence-corrected chi connectivity index (χ1v) is 7.74. The SMILES string of the molecule is CCCc1sc(C(=O)Nc2ccc(F)cc2F)cc1CC. The van der Waals surface area contributed by atoms with Gasteiger partial charge in [-0.05, 0) is 36.6 Å². The number of carbonyl (C=O) groups excluding carboxylic acids is 1. The van der Waals surface area contributed by atoms with Gasteiger partial charge in [-0.1, -0.05) is 20.3 Å². The van der Waals surface area contributed by atoms with Crippen molar-refractivity contribution in [2.75, 3.05) is 5.32 Å². The molecule has 1 aromatic carbocycles. The Balaban J connectivity index is 2.20. The van der Waals surface area contributed by atoms with Crippen LogP contribution >= 0.6 is 11.3 Å². The molecule has 0 radical (unpaired) electrons. The van der Waals surface area contributed by atoms with Gasteiger partial charge < -0.3 is 5.32 Å². The van der Waals surface area contributed by atoms with Gasteiger partial charge in [0.2, 0.25) is 0 Å². The van der Waals surface area contributed by atoms with Crippen molar-refractivity contribution in [1.82, 2.24) is 0 Å². The van der Waals surface area contributed by atoms with Gasteiger partial charge in [-0.2, -0.15) is 0 Å². The third-order valence-corrected chi connectivity index (χ3v) is 4.39. The van der Waals surface area contributed by atoms with Gasteiger partial charge in [-0.3, -0.25) is 4.79 Å². The molecule has 0 saturated heterocycles. The lowest BCUT2D eigenvalue weighted by Gasteiger charge is -2.04. The number of nitrogens with one attached hydrogen (secondary N) is 1. The van der Waals surface area contributed by atoms with Crippen molar-refractivity contribution in [3.8, 4) is 0 Å². The summed E-state index contributed by atoms with van der Waals surface area (Å²) in [6.45, 7) is 4.13. The van der Waals surface area contributed by atoms with Gasteiger partial charge in [0.25, 0.3) is 5.91 Å². The highest BCUT2D eigenvalue weighted by Crippen LogP contribution is 2.26. The molecule has 5 heteroatoms. The second kappa shape index (κ2) is 6.80. The van der Waals surface area contributed by atoms with Crippen molar-refractivity contribution in [2.24, 2.45) is 0 Å². The van der Waals surface area contributed by atoms with Crippen LogP contribution in [-0.2, 0) is 12.8 Å². The average molecular weight is 309 g/mol. The normalized spacial score (nSPS) is 10.7. The highest BCUT2D eigenvalue weighted by Gasteiger charge is 2.15. The van der Waals surface area contributed by atoms with E-state index < -0.39 is 11.6 Å². The first kappa shape index (κ1) is 15.6. The number of anilines is 1. The van der Waals surface area contributed by atoms with E-state index in [9.17, 15) is 13.6 Å². The largest absolute Gasteiger partial charge is 0.319 e. The molecule has 0 bridgehead atoms. The average Bonchev–Trinajstić information content (AvgIpc) is 2.85. The summed E-state index contributed by atoms with van der Waals surface area (Å²) in [5, 5.41) is 2.49. The number of amides is 1. The Morgan fingerprint density at radius 2 is 2.00 bits per heavy atom. The molecule has 21 heavy (non-hydrogen) atoms. The Morgan fingerprint density at radius 1 is 1.24 bits per heavy atom. The maximum absolute atomic E-state index is 13.5. The summed E-state index contributed by atoms with van der Waals surface area (Å²) in [5.41, 5.74) is 1.15. The fourth-order valence-corrected chi connectivity index (χ4v) is 3.34. The fraction of sp³-hybridized carbons (Fsp3) is 0.312. The highest BCUT2D eigenvalue weighted by atomic mass is 32.1. The summed E-state index contributed by atoms with van der Waals surface area (Å²) >= 11 is 1.44. The molecule has 0 aliphatic carbocycles. The van der Waals surface area contributed by atoms with Crippen LogP contribution in [0.1, 0.15) is 40.4 Å². The van der Waals surface area contributed by atoms with Gasteiger partial charge in [-0.25, -0.2) is 8.78 Å². The van der Waals surface area contributed by atoms with Crippen LogP contribution in [0.25, 0.3) is 0 Å². The van der Waals surface area contributed by atoms with E-state index in [2.05, 4.69) is 12.2 Å². The van der Waals surface area contributed by atoms with Crippen LogP contribution in [0.2, 0.25) is 0 Å². The number of carbonyl (C=O) groups is 1. The van der Waals surface area contributed by atoms with Gasteiger partial charge in [0, 0.05) is 10.9 Å². The van der Waals surface area contributed by atoms with E-state index in [1.54, 1.807) is 0 Å². The van der Waals surface area contributed by atoms with E-state index in [1.165, 1.54) is 22.3 Å². The standard InChI is InChI=1S/C16H17F2NOS/c1-3-5-14-10(4-2)8-15(21-14)16(20)19-13-7-6-11(17)9-12(13)18/h6-9H,3-5H2,1-2H3,(H,19,20). The first-order chi connectivity index (χ1) is 10.0. The zero-order valence-electron chi connectivity index (χ0n) is 12.0. The Kier molecular flexibility index (Phi) is 5.07. The number of aryl methyl sites for hydroxylation is 2. The minimum Gasteiger partial charge on any atom is -0.319 e. The lowest BCUT2D eigenvalue weighted by molar-refractivity contribution is 0.103. The number of halogens is 2. The van der Waals surface area contributed by atoms with Crippen LogP contribution in [0.4, 0.5) is 14.5 Å². The summed E-state index contributed by atoms with van der Waals surface area (Å²) in [5.74, 6) is -1.80. The molecule has 112 valence electrons. The van der Waals surface area contributed by atoms with Crippen molar-refractivity contribution < 1.29 is 13.6 Å². The molecule has 0 saturated carbocycles. The second-order valence-corrected chi connectivity index (χ2v) is 5.88. The number of thiophene rings is 1. The van der Waals surface area contributed by atoms with Crippen molar-refractivity contribution in [3.05, 3.63) is 51.2 Å². The van der Waals surface area contributed by atoms with Gasteiger partial charge >= 0.3 is 0 Å². The van der Waals surface area contributed by atoms with E-state index in [1.807, 2.05) is 13.0 Å². The monoisotopic (exact) mass is 309 g/mol. The van der Waals surface area contributed by atoms with E-state index in [0.717, 1.165) is 37.0 Å². The van der Waals surface area contributed by atoms with Crippen LogP contribution in [0.15, 0.2) is 24.3 Å². The molecule has 1 amide bonds. The van der Waals surface area contributed by atoms with Gasteiger partial charge in [-0.15, -0.1) is 11.3 Å². The van der Waals surface area contributed by atoms with Crippen LogP contribution in [-0.4, -0.2) is 5.91 Å². The molecule has 0 aliphatic rings. The number of benzene rings is 1. The molecule has 1 N–H and O–H groups in total. The molecular weight excluding hydrogens is 292 g/mol. The topological polar surface area (TPSA) is 29.1 Å². The molecule has 0 spiro atoms. The Morgan fingerprint density at radius 3 is 2.62 bits per heavy atom. The Hall–Kier alpha value is -1.75. The minimum atomic E-state index is -0.774. The van der Waals surface area contributed by atoms with Gasteiger partial charge in [0.15, 0.2) is 0 Å². The summed E-state index contributed by atoms with van der Waals surface area (Å²) < 4.78 is 26.4. The summed E-state index contributed by atoms with van der Waals surface area (Å²) in [4.78, 5) is 13.9. The minimum absolute atomic E-state index is 0.00936. The zero-order chi connectivity index (χ0) is 15.4. The summed E-state index contributed by atoms with van der Waals surface area (Å²) in [6, 6.07) is 4.95. The molecule has 0 unspecified atom stereocenters. The molecule has 0 fully saturated rings. The third kappa shape index (κ3) is 3.67. The molecule has 1 aromatic heterocycles. The third-order valence-electron chi connectivity index (χ3n) is 3.16. The molecule has 0 aliphatic heterocycles. The predicted octanol–water partition coefficient (Wildman–Crippen LogP) is 4.79. The predicted molar refractivity (Wildman–Crippen MR) is 82.0 cm³/mol. The maximum Gasteiger partial charge on any atom is 0.265 e. The molecule has 2 nitrogen and oxygen atoms in total. The molecule has 1 heterocycles. The Bertz CT molecular complexity index is 652. The van der Waals surface area contributed by atoms with Crippen molar-refractivity contribution in [1.29, 1.82) is 0 Å². The molecular formula is C16H17F2NOS. The molecule has 2 rings (SSSR count). The van der Waals surface area contributed by atoms with E-state index in [0.29, 0.717) is 4.88 Å². The van der Waals surface area contributed by atoms with E-state index in [4.69, 9.17) is 0 Å². The highest BCUT2D eigenvalue weighted by molar-refractivity contribution is 7.14. The number of hydrogen-bond donors (Lipinski definition) is 1. The van der Waals surface area contributed by atoms with Crippen LogP contribution < -0.4 is 5.32 Å².